The smallest absolute Gasteiger partial charge is 0.407 e. The molecule has 76 valence electrons. The fourth-order valence-electron chi connectivity index (χ4n) is 0.793. The fourth-order valence-corrected chi connectivity index (χ4v) is 0.793. The molecule has 2 radical (unpaired) electrons. The highest BCUT2D eigenvalue weighted by Crippen LogP contribution is 2.07. The van der Waals surface area contributed by atoms with E-state index in [0.717, 1.165) is 12.8 Å². The molecular formula is C10H19NO2. The summed E-state index contributed by atoms with van der Waals surface area (Å²) in [4.78, 5) is 11.2. The number of carbonyl (C=O) groups is 1. The van der Waals surface area contributed by atoms with E-state index in [-0.39, 0.29) is 6.04 Å². The molecule has 0 spiro atoms. The molecule has 0 aliphatic heterocycles. The van der Waals surface area contributed by atoms with Crippen LogP contribution in [-0.4, -0.2) is 17.7 Å². The van der Waals surface area contributed by atoms with Gasteiger partial charge in [0, 0.05) is 6.04 Å². The minimum absolute atomic E-state index is 0.118. The first-order chi connectivity index (χ1) is 5.85. The highest BCUT2D eigenvalue weighted by atomic mass is 16.6. The van der Waals surface area contributed by atoms with Gasteiger partial charge in [-0.15, -0.1) is 0 Å². The average Bonchev–Trinajstić information content (AvgIpc) is 1.81. The number of carbonyl (C=O) groups excluding carboxylic acids is 1. The predicted octanol–water partition coefficient (Wildman–Crippen LogP) is 2.33. The Morgan fingerprint density at radius 1 is 1.54 bits per heavy atom. The van der Waals surface area contributed by atoms with Gasteiger partial charge in [-0.2, -0.15) is 0 Å². The first-order valence-corrected chi connectivity index (χ1v) is 4.47. The Kier molecular flexibility index (Phi) is 4.81. The van der Waals surface area contributed by atoms with Crippen LogP contribution in [0.3, 0.4) is 0 Å². The maximum Gasteiger partial charge on any atom is 0.407 e. The van der Waals surface area contributed by atoms with Crippen molar-refractivity contribution in [2.75, 3.05) is 0 Å². The Labute approximate surface area is 80.8 Å². The standard InChI is InChI=1S/C10H19NO2/c1-6-7-8(2)11-9(12)13-10(3,4)5/h8H,1-2,6-7H2,3-5H3,(H,11,12)/t8-/m1/s1. The molecule has 3 nitrogen and oxygen atoms in total. The summed E-state index contributed by atoms with van der Waals surface area (Å²) < 4.78 is 5.04. The Balaban J connectivity index is 3.74. The van der Waals surface area contributed by atoms with Crippen molar-refractivity contribution >= 4 is 6.09 Å². The zero-order chi connectivity index (χ0) is 10.5. The molecule has 1 atom stereocenters. The fraction of sp³-hybridized carbons (Fsp3) is 0.700. The summed E-state index contributed by atoms with van der Waals surface area (Å²) in [5.41, 5.74) is -0.450. The lowest BCUT2D eigenvalue weighted by Crippen LogP contribution is -2.37. The third kappa shape index (κ3) is 7.62. The maximum atomic E-state index is 11.2. The van der Waals surface area contributed by atoms with Gasteiger partial charge in [0.1, 0.15) is 5.60 Å². The lowest BCUT2D eigenvalue weighted by Gasteiger charge is -2.21. The summed E-state index contributed by atoms with van der Waals surface area (Å²) in [7, 11) is 0. The topological polar surface area (TPSA) is 38.3 Å². The lowest BCUT2D eigenvalue weighted by atomic mass is 10.2. The highest BCUT2D eigenvalue weighted by Gasteiger charge is 2.17. The van der Waals surface area contributed by atoms with Crippen LogP contribution in [0.15, 0.2) is 0 Å². The lowest BCUT2D eigenvalue weighted by molar-refractivity contribution is 0.0512. The normalized spacial score (nSPS) is 13.6. The second kappa shape index (κ2) is 5.10. The molecule has 0 unspecified atom stereocenters. The van der Waals surface area contributed by atoms with Crippen LogP contribution in [0, 0.1) is 13.8 Å². The van der Waals surface area contributed by atoms with Crippen molar-refractivity contribution < 1.29 is 9.53 Å². The Bertz CT molecular complexity index is 161. The molecule has 1 N–H and O–H groups in total. The van der Waals surface area contributed by atoms with Gasteiger partial charge < -0.3 is 10.1 Å². The monoisotopic (exact) mass is 185 g/mol. The van der Waals surface area contributed by atoms with Gasteiger partial charge in [-0.25, -0.2) is 4.79 Å². The molecule has 0 aromatic rings. The van der Waals surface area contributed by atoms with Crippen molar-refractivity contribution in [1.29, 1.82) is 0 Å². The number of rotatable bonds is 3. The zero-order valence-electron chi connectivity index (χ0n) is 8.72. The van der Waals surface area contributed by atoms with E-state index in [9.17, 15) is 4.79 Å². The number of hydrogen-bond donors (Lipinski definition) is 1. The molecule has 0 bridgehead atoms. The molecule has 0 aliphatic rings. The van der Waals surface area contributed by atoms with Crippen molar-refractivity contribution in [2.24, 2.45) is 0 Å². The summed E-state index contributed by atoms with van der Waals surface area (Å²) in [5.74, 6) is 0. The number of hydrogen-bond acceptors (Lipinski definition) is 2. The van der Waals surface area contributed by atoms with Crippen LogP contribution in [0.5, 0.6) is 0 Å². The SMILES string of the molecule is [CH2]CC[C@@H]([CH2])NC(=O)OC(C)(C)C. The second-order valence-corrected chi connectivity index (χ2v) is 3.99. The van der Waals surface area contributed by atoms with Crippen molar-refractivity contribution in [2.45, 2.75) is 45.3 Å². The number of nitrogens with one attached hydrogen (secondary N) is 1. The number of amides is 1. The van der Waals surface area contributed by atoms with Gasteiger partial charge in [0.15, 0.2) is 0 Å². The maximum absolute atomic E-state index is 11.2. The van der Waals surface area contributed by atoms with E-state index in [1.807, 2.05) is 20.8 Å². The summed E-state index contributed by atoms with van der Waals surface area (Å²) in [6, 6.07) is -0.118. The van der Waals surface area contributed by atoms with Crippen molar-refractivity contribution in [3.63, 3.8) is 0 Å². The van der Waals surface area contributed by atoms with Crippen LogP contribution in [0.1, 0.15) is 33.6 Å². The molecule has 1 amide bonds. The third-order valence-electron chi connectivity index (χ3n) is 1.27. The molecule has 13 heavy (non-hydrogen) atoms. The molecule has 0 rings (SSSR count). The third-order valence-corrected chi connectivity index (χ3v) is 1.27. The van der Waals surface area contributed by atoms with Gasteiger partial charge in [0.25, 0.3) is 0 Å². The van der Waals surface area contributed by atoms with Crippen molar-refractivity contribution in [1.82, 2.24) is 5.32 Å². The predicted molar refractivity (Wildman–Crippen MR) is 53.1 cm³/mol. The molecule has 0 aromatic heterocycles. The van der Waals surface area contributed by atoms with E-state index in [1.165, 1.54) is 0 Å². The largest absolute Gasteiger partial charge is 0.444 e. The quantitative estimate of drug-likeness (QED) is 0.732. The van der Waals surface area contributed by atoms with E-state index in [4.69, 9.17) is 4.74 Å². The van der Waals surface area contributed by atoms with Crippen LogP contribution in [0.25, 0.3) is 0 Å². The van der Waals surface area contributed by atoms with Crippen molar-refractivity contribution in [3.05, 3.63) is 13.8 Å². The number of alkyl carbamates (subject to hydrolysis) is 1. The molecular weight excluding hydrogens is 166 g/mol. The summed E-state index contributed by atoms with van der Waals surface area (Å²) in [6.07, 6.45) is 1.10. The summed E-state index contributed by atoms with van der Waals surface area (Å²) in [5, 5.41) is 2.63. The van der Waals surface area contributed by atoms with Gasteiger partial charge in [-0.1, -0.05) is 13.3 Å². The van der Waals surface area contributed by atoms with Crippen LogP contribution in [0.4, 0.5) is 4.79 Å². The van der Waals surface area contributed by atoms with Crippen LogP contribution < -0.4 is 5.32 Å². The highest BCUT2D eigenvalue weighted by molar-refractivity contribution is 5.68. The summed E-state index contributed by atoms with van der Waals surface area (Å²) in [6.45, 7) is 12.9. The van der Waals surface area contributed by atoms with Crippen LogP contribution in [-0.2, 0) is 4.74 Å². The molecule has 0 saturated carbocycles. The summed E-state index contributed by atoms with van der Waals surface area (Å²) >= 11 is 0. The first-order valence-electron chi connectivity index (χ1n) is 4.47. The molecule has 0 aromatic carbocycles. The van der Waals surface area contributed by atoms with Gasteiger partial charge in [-0.05, 0) is 34.1 Å². The van der Waals surface area contributed by atoms with E-state index in [1.54, 1.807) is 0 Å². The first kappa shape index (κ1) is 12.3. The van der Waals surface area contributed by atoms with E-state index in [0.29, 0.717) is 0 Å². The zero-order valence-corrected chi connectivity index (χ0v) is 8.72. The van der Waals surface area contributed by atoms with Gasteiger partial charge >= 0.3 is 6.09 Å². The molecule has 0 fully saturated rings. The minimum Gasteiger partial charge on any atom is -0.444 e. The molecule has 0 saturated heterocycles. The second-order valence-electron chi connectivity index (χ2n) is 3.99. The molecule has 0 heterocycles. The number of ether oxygens (including phenoxy) is 1. The van der Waals surface area contributed by atoms with Gasteiger partial charge in [0.05, 0.1) is 0 Å². The molecule has 3 heteroatoms. The van der Waals surface area contributed by atoms with E-state index < -0.39 is 11.7 Å². The van der Waals surface area contributed by atoms with E-state index in [2.05, 4.69) is 19.2 Å². The van der Waals surface area contributed by atoms with Crippen LogP contribution >= 0.6 is 0 Å². The Morgan fingerprint density at radius 3 is 2.46 bits per heavy atom. The van der Waals surface area contributed by atoms with Gasteiger partial charge in [0.2, 0.25) is 0 Å². The van der Waals surface area contributed by atoms with Gasteiger partial charge in [-0.3, -0.25) is 0 Å². The van der Waals surface area contributed by atoms with E-state index >= 15 is 0 Å². The average molecular weight is 185 g/mol. The molecule has 0 aliphatic carbocycles. The van der Waals surface area contributed by atoms with Crippen molar-refractivity contribution in [3.8, 4) is 0 Å². The van der Waals surface area contributed by atoms with Crippen LogP contribution in [0.2, 0.25) is 0 Å². The minimum atomic E-state index is -0.450. The Morgan fingerprint density at radius 2 is 2.08 bits per heavy atom. The Hall–Kier alpha value is -0.730.